The summed E-state index contributed by atoms with van der Waals surface area (Å²) < 4.78 is 0. The number of nitrogens with zero attached hydrogens (tertiary/aromatic N) is 1. The maximum atomic E-state index is 12.2. The van der Waals surface area contributed by atoms with Crippen molar-refractivity contribution in [1.82, 2.24) is 0 Å². The molecule has 6 nitrogen and oxygen atoms in total. The van der Waals surface area contributed by atoms with Gasteiger partial charge in [-0.25, -0.2) is 0 Å². The second-order valence-electron chi connectivity index (χ2n) is 5.56. The number of non-ortho nitro benzene ring substituents is 1. The molecule has 0 saturated heterocycles. The number of hydrogen-bond donors (Lipinski definition) is 1. The van der Waals surface area contributed by atoms with E-state index in [0.717, 1.165) is 0 Å². The van der Waals surface area contributed by atoms with Crippen LogP contribution in [0.4, 0.5) is 11.4 Å². The molecular formula is C20H14N2O4S. The lowest BCUT2D eigenvalue weighted by molar-refractivity contribution is -0.384. The summed E-state index contributed by atoms with van der Waals surface area (Å²) in [5, 5.41) is 15.2. The Hall–Kier alpha value is -3.58. The van der Waals surface area contributed by atoms with Gasteiger partial charge in [0.05, 0.1) is 9.80 Å². The standard InChI is InChI=1S/C20H14N2O4S/c23-19(12-5-14-3-10-17(11-4-14)22(25)26)21-16-8-6-15(7-9-16)20(24)18-2-1-13-27-18/h1-13H,(H,21,23)/b12-5+. The molecule has 3 aromatic rings. The highest BCUT2D eigenvalue weighted by atomic mass is 32.1. The first-order valence-electron chi connectivity index (χ1n) is 7.95. The molecule has 1 aromatic heterocycles. The van der Waals surface area contributed by atoms with Crippen molar-refractivity contribution in [2.75, 3.05) is 5.32 Å². The summed E-state index contributed by atoms with van der Waals surface area (Å²) in [5.74, 6) is -0.397. The van der Waals surface area contributed by atoms with Crippen molar-refractivity contribution in [2.45, 2.75) is 0 Å². The Labute approximate surface area is 158 Å². The Morgan fingerprint density at radius 3 is 2.30 bits per heavy atom. The smallest absolute Gasteiger partial charge is 0.269 e. The Kier molecular flexibility index (Phi) is 5.53. The highest BCUT2D eigenvalue weighted by Crippen LogP contribution is 2.17. The summed E-state index contributed by atoms with van der Waals surface area (Å²) >= 11 is 1.38. The van der Waals surface area contributed by atoms with Crippen molar-refractivity contribution >= 4 is 40.5 Å². The molecule has 0 fully saturated rings. The number of thiophene rings is 1. The van der Waals surface area contributed by atoms with Gasteiger partial charge in [-0.05, 0) is 59.5 Å². The molecule has 0 bridgehead atoms. The summed E-state index contributed by atoms with van der Waals surface area (Å²) in [7, 11) is 0. The van der Waals surface area contributed by atoms with Crippen molar-refractivity contribution in [3.63, 3.8) is 0 Å². The molecule has 2 aromatic carbocycles. The lowest BCUT2D eigenvalue weighted by Gasteiger charge is -2.04. The molecule has 0 aliphatic rings. The zero-order valence-corrected chi connectivity index (χ0v) is 14.8. The van der Waals surface area contributed by atoms with Crippen LogP contribution in [0.3, 0.4) is 0 Å². The zero-order valence-electron chi connectivity index (χ0n) is 14.0. The second-order valence-corrected chi connectivity index (χ2v) is 6.50. The van der Waals surface area contributed by atoms with E-state index < -0.39 is 4.92 Å². The van der Waals surface area contributed by atoms with Crippen LogP contribution in [0.2, 0.25) is 0 Å². The van der Waals surface area contributed by atoms with Crippen LogP contribution in [0.5, 0.6) is 0 Å². The minimum Gasteiger partial charge on any atom is -0.323 e. The minimum absolute atomic E-state index is 0.00575. The average Bonchev–Trinajstić information content (AvgIpc) is 3.21. The Bertz CT molecular complexity index is 991. The summed E-state index contributed by atoms with van der Waals surface area (Å²) in [5.41, 5.74) is 1.79. The van der Waals surface area contributed by atoms with Gasteiger partial charge in [0.2, 0.25) is 11.7 Å². The van der Waals surface area contributed by atoms with E-state index in [1.165, 1.54) is 29.5 Å². The predicted octanol–water partition coefficient (Wildman–Crippen LogP) is 4.54. The first kappa shape index (κ1) is 18.2. The van der Waals surface area contributed by atoms with Crippen molar-refractivity contribution in [1.29, 1.82) is 0 Å². The van der Waals surface area contributed by atoms with Gasteiger partial charge in [-0.15, -0.1) is 11.3 Å². The van der Waals surface area contributed by atoms with Gasteiger partial charge in [0.15, 0.2) is 0 Å². The van der Waals surface area contributed by atoms with E-state index in [-0.39, 0.29) is 17.4 Å². The Morgan fingerprint density at radius 2 is 1.70 bits per heavy atom. The maximum absolute atomic E-state index is 12.2. The van der Waals surface area contributed by atoms with E-state index in [4.69, 9.17) is 0 Å². The fourth-order valence-corrected chi connectivity index (χ4v) is 3.00. The average molecular weight is 378 g/mol. The van der Waals surface area contributed by atoms with Gasteiger partial charge >= 0.3 is 0 Å². The molecule has 0 radical (unpaired) electrons. The molecule has 0 aliphatic heterocycles. The quantitative estimate of drug-likeness (QED) is 0.295. The fraction of sp³-hybridized carbons (Fsp3) is 0. The largest absolute Gasteiger partial charge is 0.323 e. The monoisotopic (exact) mass is 378 g/mol. The molecule has 7 heteroatoms. The van der Waals surface area contributed by atoms with Crippen LogP contribution in [-0.4, -0.2) is 16.6 Å². The first-order valence-corrected chi connectivity index (χ1v) is 8.83. The third kappa shape index (κ3) is 4.74. The molecule has 134 valence electrons. The molecule has 0 unspecified atom stereocenters. The third-order valence-electron chi connectivity index (χ3n) is 3.69. The number of amides is 1. The lowest BCUT2D eigenvalue weighted by Crippen LogP contribution is -2.08. The molecule has 0 aliphatic carbocycles. The summed E-state index contributed by atoms with van der Waals surface area (Å²) in [6.07, 6.45) is 2.90. The van der Waals surface area contributed by atoms with Gasteiger partial charge in [0.25, 0.3) is 5.69 Å². The molecule has 1 heterocycles. The minimum atomic E-state index is -0.479. The van der Waals surface area contributed by atoms with Crippen LogP contribution in [0.15, 0.2) is 72.1 Å². The van der Waals surface area contributed by atoms with Crippen molar-refractivity contribution in [2.24, 2.45) is 0 Å². The zero-order chi connectivity index (χ0) is 19.2. The van der Waals surface area contributed by atoms with Gasteiger partial charge in [0, 0.05) is 29.5 Å². The number of ketones is 1. The number of nitro benzene ring substituents is 1. The van der Waals surface area contributed by atoms with E-state index in [1.807, 2.05) is 11.4 Å². The molecular weight excluding hydrogens is 364 g/mol. The fourth-order valence-electron chi connectivity index (χ4n) is 2.32. The molecule has 27 heavy (non-hydrogen) atoms. The topological polar surface area (TPSA) is 89.3 Å². The summed E-state index contributed by atoms with van der Waals surface area (Å²) in [4.78, 5) is 35.0. The molecule has 0 spiro atoms. The van der Waals surface area contributed by atoms with Crippen molar-refractivity contribution in [3.05, 3.63) is 98.2 Å². The summed E-state index contributed by atoms with van der Waals surface area (Å²) in [6, 6.07) is 16.1. The highest BCUT2D eigenvalue weighted by molar-refractivity contribution is 7.12. The number of rotatable bonds is 6. The normalized spacial score (nSPS) is 10.7. The second kappa shape index (κ2) is 8.20. The van der Waals surface area contributed by atoms with Gasteiger partial charge in [-0.1, -0.05) is 6.07 Å². The van der Waals surface area contributed by atoms with E-state index in [2.05, 4.69) is 5.32 Å². The Balaban J connectivity index is 1.60. The number of carbonyl (C=O) groups excluding carboxylic acids is 2. The van der Waals surface area contributed by atoms with Gasteiger partial charge < -0.3 is 5.32 Å². The van der Waals surface area contributed by atoms with E-state index in [1.54, 1.807) is 48.5 Å². The number of nitro groups is 1. The van der Waals surface area contributed by atoms with Crippen LogP contribution in [0, 0.1) is 10.1 Å². The lowest BCUT2D eigenvalue weighted by atomic mass is 10.1. The van der Waals surface area contributed by atoms with Crippen LogP contribution in [0.1, 0.15) is 20.8 Å². The third-order valence-corrected chi connectivity index (χ3v) is 4.56. The van der Waals surface area contributed by atoms with Crippen molar-refractivity contribution in [3.8, 4) is 0 Å². The van der Waals surface area contributed by atoms with Gasteiger partial charge in [-0.3, -0.25) is 19.7 Å². The maximum Gasteiger partial charge on any atom is 0.269 e. The molecule has 3 rings (SSSR count). The van der Waals surface area contributed by atoms with E-state index in [0.29, 0.717) is 21.7 Å². The number of anilines is 1. The SMILES string of the molecule is O=C(/C=C/c1ccc([N+](=O)[O-])cc1)Nc1ccc(C(=O)c2cccs2)cc1. The first-order chi connectivity index (χ1) is 13.0. The van der Waals surface area contributed by atoms with Crippen LogP contribution >= 0.6 is 11.3 Å². The molecule has 0 saturated carbocycles. The molecule has 1 amide bonds. The number of nitrogens with one attached hydrogen (secondary N) is 1. The molecule has 1 N–H and O–H groups in total. The van der Waals surface area contributed by atoms with Gasteiger partial charge in [0.1, 0.15) is 0 Å². The van der Waals surface area contributed by atoms with Crippen molar-refractivity contribution < 1.29 is 14.5 Å². The van der Waals surface area contributed by atoms with Crippen LogP contribution in [-0.2, 0) is 4.79 Å². The number of carbonyl (C=O) groups is 2. The molecule has 0 atom stereocenters. The predicted molar refractivity (Wildman–Crippen MR) is 105 cm³/mol. The van der Waals surface area contributed by atoms with E-state index in [9.17, 15) is 19.7 Å². The van der Waals surface area contributed by atoms with Crippen LogP contribution in [0.25, 0.3) is 6.08 Å². The Morgan fingerprint density at radius 1 is 1.00 bits per heavy atom. The number of benzene rings is 2. The van der Waals surface area contributed by atoms with E-state index >= 15 is 0 Å². The van der Waals surface area contributed by atoms with Crippen LogP contribution < -0.4 is 5.32 Å². The summed E-state index contributed by atoms with van der Waals surface area (Å²) in [6.45, 7) is 0. The van der Waals surface area contributed by atoms with Gasteiger partial charge in [-0.2, -0.15) is 0 Å². The highest BCUT2D eigenvalue weighted by Gasteiger charge is 2.10. The number of hydrogen-bond acceptors (Lipinski definition) is 5.